The van der Waals surface area contributed by atoms with Gasteiger partial charge in [0.05, 0.1) is 25.0 Å². The van der Waals surface area contributed by atoms with Gasteiger partial charge in [0.1, 0.15) is 17.4 Å². The van der Waals surface area contributed by atoms with Crippen molar-refractivity contribution < 1.29 is 23.9 Å². The number of carbonyl (C=O) groups excluding carboxylic acids is 3. The van der Waals surface area contributed by atoms with E-state index in [1.807, 2.05) is 42.5 Å². The Morgan fingerprint density at radius 1 is 1.05 bits per heavy atom. The molecule has 2 saturated heterocycles. The lowest BCUT2D eigenvalue weighted by atomic mass is 9.73. The predicted octanol–water partition coefficient (Wildman–Crippen LogP) is 3.97. The van der Waals surface area contributed by atoms with Crippen LogP contribution in [0.15, 0.2) is 66.7 Å². The Balaban J connectivity index is 1.28. The summed E-state index contributed by atoms with van der Waals surface area (Å²) in [6, 6.07) is 16.2. The van der Waals surface area contributed by atoms with Gasteiger partial charge >= 0.3 is 0 Å². The number of benzene rings is 2. The van der Waals surface area contributed by atoms with Crippen molar-refractivity contribution >= 4 is 23.4 Å². The number of hydrogen-bond acceptors (Lipinski definition) is 5. The minimum absolute atomic E-state index is 0.0459. The highest BCUT2D eigenvalue weighted by molar-refractivity contribution is 6.02. The van der Waals surface area contributed by atoms with Crippen molar-refractivity contribution in [3.05, 3.63) is 72.3 Å². The van der Waals surface area contributed by atoms with Crippen molar-refractivity contribution in [2.24, 2.45) is 23.7 Å². The molecule has 1 aliphatic carbocycles. The lowest BCUT2D eigenvalue weighted by Crippen LogP contribution is -2.58. The number of amides is 3. The summed E-state index contributed by atoms with van der Waals surface area (Å²) >= 11 is 0. The molecule has 2 aromatic carbocycles. The molecule has 8 atom stereocenters. The first-order chi connectivity index (χ1) is 19.8. The molecule has 1 spiro atoms. The van der Waals surface area contributed by atoms with E-state index in [1.165, 1.54) is 0 Å². The first-order valence-electron chi connectivity index (χ1n) is 14.8. The van der Waals surface area contributed by atoms with Crippen molar-refractivity contribution in [1.29, 1.82) is 0 Å². The fourth-order valence-electron chi connectivity index (χ4n) is 7.35. The average molecular weight is 558 g/mol. The highest BCUT2D eigenvalue weighted by atomic mass is 16.5. The molecule has 8 nitrogen and oxygen atoms in total. The number of nitrogens with zero attached hydrogens (tertiary/aromatic N) is 1. The maximum atomic E-state index is 14.2. The Kier molecular flexibility index (Phi) is 7.36. The molecule has 2 N–H and O–H groups in total. The van der Waals surface area contributed by atoms with Gasteiger partial charge < -0.3 is 25.0 Å². The van der Waals surface area contributed by atoms with Crippen LogP contribution in [0.3, 0.4) is 0 Å². The summed E-state index contributed by atoms with van der Waals surface area (Å²) in [7, 11) is 1.59. The Bertz CT molecular complexity index is 1330. The third-order valence-corrected chi connectivity index (χ3v) is 9.80. The van der Waals surface area contributed by atoms with E-state index in [1.54, 1.807) is 36.3 Å². The summed E-state index contributed by atoms with van der Waals surface area (Å²) in [4.78, 5) is 43.7. The number of rotatable bonds is 8. The number of anilines is 1. The fraction of sp³-hybridized carbons (Fsp3) is 0.485. The Morgan fingerprint density at radius 3 is 2.54 bits per heavy atom. The van der Waals surface area contributed by atoms with Gasteiger partial charge in [0.15, 0.2) is 0 Å². The van der Waals surface area contributed by atoms with Crippen molar-refractivity contribution in [2.45, 2.75) is 63.3 Å². The highest BCUT2D eigenvalue weighted by Gasteiger charge is 2.72. The van der Waals surface area contributed by atoms with Crippen LogP contribution in [0.25, 0.3) is 0 Å². The highest BCUT2D eigenvalue weighted by Crippen LogP contribution is 2.55. The number of ether oxygens (including phenoxy) is 2. The van der Waals surface area contributed by atoms with E-state index in [2.05, 4.69) is 24.5 Å². The molecule has 2 bridgehead atoms. The van der Waals surface area contributed by atoms with Crippen LogP contribution in [0.2, 0.25) is 0 Å². The normalized spacial score (nSPS) is 33.5. The van der Waals surface area contributed by atoms with Gasteiger partial charge in [-0.25, -0.2) is 0 Å². The quantitative estimate of drug-likeness (QED) is 0.479. The molecule has 6 rings (SSSR count). The number of methoxy groups -OCH3 is 1. The molecular weight excluding hydrogens is 518 g/mol. The monoisotopic (exact) mass is 557 g/mol. The van der Waals surface area contributed by atoms with Crippen molar-refractivity contribution in [3.63, 3.8) is 0 Å². The Labute approximate surface area is 241 Å². The van der Waals surface area contributed by atoms with Crippen LogP contribution in [0.1, 0.15) is 38.7 Å². The van der Waals surface area contributed by atoms with E-state index in [0.29, 0.717) is 36.2 Å². The van der Waals surface area contributed by atoms with E-state index in [0.717, 1.165) is 24.8 Å². The SMILES string of the molecule is COc1ccc(NC(=O)[C@@H]2[C@@H]3C=C[C@]4(O3)[C@@H]2C(=O)N(CCc2ccccc2)[C@H]4C(=O)N[C@@H]2CCC[C@@H](C)[C@H]2C)cc1. The maximum absolute atomic E-state index is 14.2. The summed E-state index contributed by atoms with van der Waals surface area (Å²) in [5.41, 5.74) is 0.518. The lowest BCUT2D eigenvalue weighted by molar-refractivity contribution is -0.141. The Hall–Kier alpha value is -3.65. The molecule has 0 radical (unpaired) electrons. The number of likely N-dealkylation sites (tertiary alicyclic amines) is 1. The third kappa shape index (κ3) is 4.82. The fourth-order valence-corrected chi connectivity index (χ4v) is 7.35. The molecule has 41 heavy (non-hydrogen) atoms. The van der Waals surface area contributed by atoms with Crippen LogP contribution in [-0.2, 0) is 25.5 Å². The second-order valence-electron chi connectivity index (χ2n) is 12.1. The van der Waals surface area contributed by atoms with Crippen LogP contribution in [0.4, 0.5) is 5.69 Å². The molecule has 1 saturated carbocycles. The molecule has 4 aliphatic rings. The van der Waals surface area contributed by atoms with Crippen molar-refractivity contribution in [3.8, 4) is 5.75 Å². The molecule has 216 valence electrons. The van der Waals surface area contributed by atoms with Crippen molar-refractivity contribution in [2.75, 3.05) is 19.0 Å². The van der Waals surface area contributed by atoms with Gasteiger partial charge in [-0.15, -0.1) is 0 Å². The van der Waals surface area contributed by atoms with Gasteiger partial charge in [-0.2, -0.15) is 0 Å². The predicted molar refractivity (Wildman–Crippen MR) is 155 cm³/mol. The van der Waals surface area contributed by atoms with Crippen LogP contribution in [0.5, 0.6) is 5.75 Å². The van der Waals surface area contributed by atoms with Gasteiger partial charge in [0.2, 0.25) is 17.7 Å². The summed E-state index contributed by atoms with van der Waals surface area (Å²) in [6.45, 7) is 4.80. The zero-order valence-electron chi connectivity index (χ0n) is 23.9. The summed E-state index contributed by atoms with van der Waals surface area (Å²) in [6.07, 6.45) is 6.91. The molecule has 3 amide bonds. The third-order valence-electron chi connectivity index (χ3n) is 9.80. The van der Waals surface area contributed by atoms with Gasteiger partial charge in [-0.1, -0.05) is 69.2 Å². The number of nitrogens with one attached hydrogen (secondary N) is 2. The van der Waals surface area contributed by atoms with E-state index in [4.69, 9.17) is 9.47 Å². The van der Waals surface area contributed by atoms with Crippen LogP contribution < -0.4 is 15.4 Å². The number of carbonyl (C=O) groups is 3. The number of hydrogen-bond donors (Lipinski definition) is 2. The second kappa shape index (κ2) is 11.0. The van der Waals surface area contributed by atoms with E-state index in [9.17, 15) is 14.4 Å². The first kappa shape index (κ1) is 27.5. The molecule has 8 heteroatoms. The molecule has 3 heterocycles. The topological polar surface area (TPSA) is 97.0 Å². The Morgan fingerprint density at radius 2 is 1.80 bits per heavy atom. The van der Waals surface area contributed by atoms with E-state index < -0.39 is 29.6 Å². The standard InChI is InChI=1S/C33H39N3O5/c1-20-8-7-11-25(21(20)2)35-31(38)29-33-18-16-26(41-33)27(30(37)34-23-12-14-24(40-3)15-13-23)28(33)32(39)36(29)19-17-22-9-5-4-6-10-22/h4-6,9-10,12-16,18,20-21,25-29H,7-8,11,17,19H2,1-3H3,(H,34,37)(H,35,38)/t20-,21-,25-,26+,27-,28+,29+,33+/m1/s1. The smallest absolute Gasteiger partial charge is 0.246 e. The molecular formula is C33H39N3O5. The van der Waals surface area contributed by atoms with Gasteiger partial charge in [0.25, 0.3) is 0 Å². The second-order valence-corrected chi connectivity index (χ2v) is 12.1. The molecule has 0 aromatic heterocycles. The van der Waals surface area contributed by atoms with Crippen molar-refractivity contribution in [1.82, 2.24) is 10.2 Å². The summed E-state index contributed by atoms with van der Waals surface area (Å²) in [5.74, 6) is -0.647. The van der Waals surface area contributed by atoms with Gasteiger partial charge in [0, 0.05) is 18.3 Å². The van der Waals surface area contributed by atoms with Crippen LogP contribution >= 0.6 is 0 Å². The minimum Gasteiger partial charge on any atom is -0.497 e. The molecule has 0 unspecified atom stereocenters. The zero-order chi connectivity index (χ0) is 28.7. The summed E-state index contributed by atoms with van der Waals surface area (Å²) in [5, 5.41) is 6.28. The lowest BCUT2D eigenvalue weighted by Gasteiger charge is -2.38. The zero-order valence-corrected chi connectivity index (χ0v) is 23.9. The molecule has 2 aromatic rings. The van der Waals surface area contributed by atoms with E-state index in [-0.39, 0.29) is 23.8 Å². The average Bonchev–Trinajstić information content (AvgIpc) is 3.62. The maximum Gasteiger partial charge on any atom is 0.246 e. The van der Waals surface area contributed by atoms with Gasteiger partial charge in [-0.05, 0) is 54.5 Å². The first-order valence-corrected chi connectivity index (χ1v) is 14.8. The van der Waals surface area contributed by atoms with Crippen LogP contribution in [-0.4, -0.2) is 60.1 Å². The van der Waals surface area contributed by atoms with Gasteiger partial charge in [-0.3, -0.25) is 14.4 Å². The largest absolute Gasteiger partial charge is 0.497 e. The minimum atomic E-state index is -1.17. The van der Waals surface area contributed by atoms with Crippen LogP contribution in [0, 0.1) is 23.7 Å². The summed E-state index contributed by atoms with van der Waals surface area (Å²) < 4.78 is 11.7. The molecule has 3 aliphatic heterocycles. The van der Waals surface area contributed by atoms with E-state index >= 15 is 0 Å². The number of fused-ring (bicyclic) bond motifs is 1. The molecule has 3 fully saturated rings.